The van der Waals surface area contributed by atoms with E-state index < -0.39 is 10.0 Å². The molecule has 1 atom stereocenters. The van der Waals surface area contributed by atoms with Crippen LogP contribution < -0.4 is 9.46 Å². The molecule has 28 heavy (non-hydrogen) atoms. The number of ether oxygens (including phenoxy) is 2. The van der Waals surface area contributed by atoms with Crippen LogP contribution in [0.5, 0.6) is 5.75 Å². The first-order chi connectivity index (χ1) is 13.5. The molecule has 0 aliphatic carbocycles. The highest BCUT2D eigenvalue weighted by molar-refractivity contribution is 7.93. The molecule has 0 bridgehead atoms. The second-order valence-corrected chi connectivity index (χ2v) is 10.2. The van der Waals surface area contributed by atoms with Gasteiger partial charge in [0.15, 0.2) is 0 Å². The Morgan fingerprint density at radius 2 is 2.07 bits per heavy atom. The van der Waals surface area contributed by atoms with Crippen molar-refractivity contribution in [1.82, 2.24) is 14.3 Å². The fourth-order valence-corrected chi connectivity index (χ4v) is 5.96. The summed E-state index contributed by atoms with van der Waals surface area (Å²) in [6.45, 7) is 4.48. The number of nitrogens with zero attached hydrogens (tertiary/aromatic N) is 3. The van der Waals surface area contributed by atoms with Crippen molar-refractivity contribution >= 4 is 26.7 Å². The zero-order valence-electron chi connectivity index (χ0n) is 15.3. The lowest BCUT2D eigenvalue weighted by molar-refractivity contribution is -0.143. The van der Waals surface area contributed by atoms with Gasteiger partial charge in [-0.25, -0.2) is 13.4 Å². The largest absolute Gasteiger partial charge is 0.493 e. The highest BCUT2D eigenvalue weighted by Gasteiger charge is 2.43. The van der Waals surface area contributed by atoms with Crippen LogP contribution in [-0.2, 0) is 14.8 Å². The van der Waals surface area contributed by atoms with Gasteiger partial charge in [-0.3, -0.25) is 9.62 Å². The molecule has 1 spiro atoms. The zero-order chi connectivity index (χ0) is 19.2. The zero-order valence-corrected chi connectivity index (χ0v) is 17.0. The van der Waals surface area contributed by atoms with E-state index in [1.807, 2.05) is 6.07 Å². The minimum atomic E-state index is -3.72. The number of rotatable bonds is 4. The molecule has 4 heterocycles. The van der Waals surface area contributed by atoms with E-state index in [0.717, 1.165) is 62.7 Å². The first-order valence-corrected chi connectivity index (χ1v) is 11.7. The van der Waals surface area contributed by atoms with Crippen LogP contribution in [0, 0.1) is 5.41 Å². The van der Waals surface area contributed by atoms with Gasteiger partial charge in [-0.1, -0.05) is 6.07 Å². The van der Waals surface area contributed by atoms with Crippen molar-refractivity contribution in [3.63, 3.8) is 0 Å². The Bertz CT molecular complexity index is 950. The molecule has 3 aliphatic heterocycles. The van der Waals surface area contributed by atoms with Gasteiger partial charge in [0, 0.05) is 41.0 Å². The molecule has 150 valence electrons. The number of hydrogen-bond donors (Lipinski definition) is 1. The molecule has 0 saturated carbocycles. The van der Waals surface area contributed by atoms with E-state index in [9.17, 15) is 8.42 Å². The van der Waals surface area contributed by atoms with E-state index in [4.69, 9.17) is 9.47 Å². The van der Waals surface area contributed by atoms with E-state index in [1.165, 1.54) is 6.33 Å². The van der Waals surface area contributed by atoms with Gasteiger partial charge in [0.2, 0.25) is 5.13 Å². The van der Waals surface area contributed by atoms with Crippen LogP contribution in [0.25, 0.3) is 0 Å². The summed E-state index contributed by atoms with van der Waals surface area (Å²) in [6, 6.07) is 5.44. The predicted molar refractivity (Wildman–Crippen MR) is 104 cm³/mol. The Balaban J connectivity index is 1.36. The van der Waals surface area contributed by atoms with E-state index >= 15 is 0 Å². The summed E-state index contributed by atoms with van der Waals surface area (Å²) in [5, 5.41) is 0.249. The van der Waals surface area contributed by atoms with Crippen molar-refractivity contribution in [2.75, 3.05) is 37.6 Å². The van der Waals surface area contributed by atoms with Crippen LogP contribution in [0.1, 0.15) is 30.9 Å². The van der Waals surface area contributed by atoms with Crippen LogP contribution in [0.2, 0.25) is 0 Å². The van der Waals surface area contributed by atoms with Crippen LogP contribution in [0.15, 0.2) is 29.4 Å². The number of nitrogens with one attached hydrogen (secondary N) is 1. The van der Waals surface area contributed by atoms with Crippen LogP contribution in [0.4, 0.5) is 5.13 Å². The Morgan fingerprint density at radius 1 is 1.25 bits per heavy atom. The molecule has 5 rings (SSSR count). The molecular weight excluding hydrogens is 400 g/mol. The van der Waals surface area contributed by atoms with Crippen LogP contribution in [-0.4, -0.2) is 55.6 Å². The van der Waals surface area contributed by atoms with Crippen molar-refractivity contribution in [3.8, 4) is 5.75 Å². The van der Waals surface area contributed by atoms with Gasteiger partial charge in [0.25, 0.3) is 10.0 Å². The molecule has 0 amide bonds. The van der Waals surface area contributed by atoms with Crippen molar-refractivity contribution in [2.45, 2.75) is 30.2 Å². The average Bonchev–Trinajstić information content (AvgIpc) is 3.18. The number of benzene rings is 1. The summed E-state index contributed by atoms with van der Waals surface area (Å²) in [4.78, 5) is 6.57. The SMILES string of the molecule is O=S(=O)(Nc1ncns1)c1ccc2c(c1)OCC[C@@H]2N1CCC2(CC1)COC2. The second-order valence-electron chi connectivity index (χ2n) is 7.73. The molecule has 10 heteroatoms. The van der Waals surface area contributed by atoms with Gasteiger partial charge in [-0.15, -0.1) is 0 Å². The number of sulfonamides is 1. The topological polar surface area (TPSA) is 93.7 Å². The van der Waals surface area contributed by atoms with Crippen molar-refractivity contribution < 1.29 is 17.9 Å². The summed E-state index contributed by atoms with van der Waals surface area (Å²) < 4.78 is 42.8. The number of fused-ring (bicyclic) bond motifs is 1. The standard InChI is InChI=1S/C18H22N4O4S2/c23-28(24,21-17-19-12-20-27-17)13-1-2-14-15(3-8-26-16(14)9-13)22-6-4-18(5-7-22)10-25-11-18/h1-2,9,12,15H,3-8,10-11H2,(H,19,20,21)/t15-/m0/s1. The lowest BCUT2D eigenvalue weighted by Crippen LogP contribution is -2.51. The van der Waals surface area contributed by atoms with Crippen LogP contribution in [0.3, 0.4) is 0 Å². The van der Waals surface area contributed by atoms with Crippen molar-refractivity contribution in [1.29, 1.82) is 0 Å². The van der Waals surface area contributed by atoms with Crippen molar-refractivity contribution in [3.05, 3.63) is 30.1 Å². The Labute approximate surface area is 168 Å². The van der Waals surface area contributed by atoms with Crippen molar-refractivity contribution in [2.24, 2.45) is 5.41 Å². The molecule has 8 nitrogen and oxygen atoms in total. The number of aromatic nitrogens is 2. The minimum Gasteiger partial charge on any atom is -0.493 e. The molecule has 1 aromatic heterocycles. The molecule has 2 saturated heterocycles. The summed E-state index contributed by atoms with van der Waals surface area (Å²) >= 11 is 1.00. The molecule has 1 N–H and O–H groups in total. The molecule has 2 fully saturated rings. The minimum absolute atomic E-state index is 0.173. The third-order valence-electron chi connectivity index (χ3n) is 6.00. The van der Waals surface area contributed by atoms with E-state index in [2.05, 4.69) is 19.0 Å². The Hall–Kier alpha value is -1.75. The molecule has 2 aromatic rings. The predicted octanol–water partition coefficient (Wildman–Crippen LogP) is 2.27. The third kappa shape index (κ3) is 3.28. The monoisotopic (exact) mass is 422 g/mol. The van der Waals surface area contributed by atoms with E-state index in [1.54, 1.807) is 12.1 Å². The fraction of sp³-hybridized carbons (Fsp3) is 0.556. The first kappa shape index (κ1) is 18.3. The molecular formula is C18H22N4O4S2. The van der Waals surface area contributed by atoms with Gasteiger partial charge in [0.1, 0.15) is 12.1 Å². The average molecular weight is 423 g/mol. The third-order valence-corrected chi connectivity index (χ3v) is 8.05. The molecule has 1 aromatic carbocycles. The molecule has 0 radical (unpaired) electrons. The maximum atomic E-state index is 12.6. The van der Waals surface area contributed by atoms with E-state index in [-0.39, 0.29) is 16.1 Å². The highest BCUT2D eigenvalue weighted by atomic mass is 32.2. The maximum absolute atomic E-state index is 12.6. The number of hydrogen-bond acceptors (Lipinski definition) is 8. The Morgan fingerprint density at radius 3 is 2.75 bits per heavy atom. The van der Waals surface area contributed by atoms with Gasteiger partial charge < -0.3 is 9.47 Å². The van der Waals surface area contributed by atoms with Gasteiger partial charge in [0.05, 0.1) is 24.7 Å². The maximum Gasteiger partial charge on any atom is 0.263 e. The molecule has 0 unspecified atom stereocenters. The number of anilines is 1. The Kier molecular flexibility index (Phi) is 4.53. The van der Waals surface area contributed by atoms with E-state index in [0.29, 0.717) is 17.8 Å². The van der Waals surface area contributed by atoms with Gasteiger partial charge >= 0.3 is 0 Å². The van der Waals surface area contributed by atoms with Gasteiger partial charge in [-0.05, 0) is 32.0 Å². The summed E-state index contributed by atoms with van der Waals surface area (Å²) in [5.41, 5.74) is 1.47. The smallest absolute Gasteiger partial charge is 0.263 e. The number of likely N-dealkylation sites (tertiary alicyclic amines) is 1. The quantitative estimate of drug-likeness (QED) is 0.808. The lowest BCUT2D eigenvalue weighted by Gasteiger charge is -2.49. The summed E-state index contributed by atoms with van der Waals surface area (Å²) in [7, 11) is -3.72. The van der Waals surface area contributed by atoms with Crippen LogP contribution >= 0.6 is 11.5 Å². The molecule has 3 aliphatic rings. The fourth-order valence-electron chi connectivity index (χ4n) is 4.28. The lowest BCUT2D eigenvalue weighted by atomic mass is 9.76. The normalized spacial score (nSPS) is 24.2. The second kappa shape index (κ2) is 6.94. The number of piperidine rings is 1. The van der Waals surface area contributed by atoms with Gasteiger partial charge in [-0.2, -0.15) is 4.37 Å². The summed E-state index contributed by atoms with van der Waals surface area (Å²) in [5.74, 6) is 0.656. The highest BCUT2D eigenvalue weighted by Crippen LogP contribution is 2.43. The summed E-state index contributed by atoms with van der Waals surface area (Å²) in [6.07, 6.45) is 4.57. The first-order valence-electron chi connectivity index (χ1n) is 9.43.